The molecule has 0 aliphatic carbocycles. The zero-order valence-corrected chi connectivity index (χ0v) is 12.1. The van der Waals surface area contributed by atoms with Crippen molar-refractivity contribution in [2.24, 2.45) is 0 Å². The first-order valence-corrected chi connectivity index (χ1v) is 6.58. The van der Waals surface area contributed by atoms with Crippen LogP contribution in [0.2, 0.25) is 0 Å². The lowest BCUT2D eigenvalue weighted by atomic mass is 9.86. The minimum absolute atomic E-state index is 0.210. The van der Waals surface area contributed by atoms with Gasteiger partial charge < -0.3 is 14.6 Å². The number of benzene rings is 1. The maximum Gasteiger partial charge on any atom is 0.165 e. The van der Waals surface area contributed by atoms with Crippen LogP contribution in [0.1, 0.15) is 32.3 Å². The second-order valence-electron chi connectivity index (χ2n) is 4.66. The second-order valence-corrected chi connectivity index (χ2v) is 4.66. The summed E-state index contributed by atoms with van der Waals surface area (Å²) in [5.41, 5.74) is 0.158. The molecule has 0 aliphatic heterocycles. The van der Waals surface area contributed by atoms with E-state index in [4.69, 9.17) is 9.47 Å². The van der Waals surface area contributed by atoms with Crippen molar-refractivity contribution in [1.82, 2.24) is 0 Å². The molecule has 0 fully saturated rings. The molecular formula is C15H23FO3. The molecule has 108 valence electrons. The molecule has 1 unspecified atom stereocenters. The Kier molecular flexibility index (Phi) is 5.76. The van der Waals surface area contributed by atoms with E-state index >= 15 is 0 Å². The normalized spacial score (nSPS) is 13.4. The lowest BCUT2D eigenvalue weighted by Crippen LogP contribution is -2.44. The van der Waals surface area contributed by atoms with Gasteiger partial charge in [0, 0.05) is 13.5 Å². The Morgan fingerprint density at radius 3 is 2.32 bits per heavy atom. The first-order chi connectivity index (χ1) is 9.02. The molecule has 0 amide bonds. The molecule has 1 aromatic carbocycles. The molecule has 1 atom stereocenters. The molecule has 1 N–H and O–H groups in total. The zero-order valence-electron chi connectivity index (χ0n) is 12.1. The molecule has 0 saturated carbocycles. The van der Waals surface area contributed by atoms with Crippen molar-refractivity contribution in [1.29, 1.82) is 0 Å². The molecule has 0 spiro atoms. The highest BCUT2D eigenvalue weighted by atomic mass is 19.1. The van der Waals surface area contributed by atoms with Gasteiger partial charge in [-0.15, -0.1) is 0 Å². The summed E-state index contributed by atoms with van der Waals surface area (Å²) >= 11 is 0. The van der Waals surface area contributed by atoms with Crippen LogP contribution in [0.4, 0.5) is 4.39 Å². The first kappa shape index (κ1) is 15.9. The van der Waals surface area contributed by atoms with Crippen LogP contribution in [0.25, 0.3) is 0 Å². The third kappa shape index (κ3) is 3.45. The number of aliphatic hydroxyl groups excluding tert-OH is 1. The minimum Gasteiger partial charge on any atom is -0.494 e. The summed E-state index contributed by atoms with van der Waals surface area (Å²) in [5, 5.41) is 10.4. The van der Waals surface area contributed by atoms with E-state index in [1.165, 1.54) is 13.2 Å². The van der Waals surface area contributed by atoms with Crippen LogP contribution >= 0.6 is 0 Å². The van der Waals surface area contributed by atoms with Gasteiger partial charge in [0.25, 0.3) is 0 Å². The Morgan fingerprint density at radius 2 is 1.89 bits per heavy atom. The third-order valence-corrected chi connectivity index (χ3v) is 3.86. The Hall–Kier alpha value is -1.13. The van der Waals surface area contributed by atoms with Gasteiger partial charge in [-0.25, -0.2) is 4.39 Å². The Labute approximate surface area is 114 Å². The monoisotopic (exact) mass is 270 g/mol. The molecule has 0 radical (unpaired) electrons. The van der Waals surface area contributed by atoms with E-state index in [1.54, 1.807) is 19.2 Å². The maximum atomic E-state index is 13.6. The summed E-state index contributed by atoms with van der Waals surface area (Å²) in [5.74, 6) is -0.203. The molecule has 0 aliphatic rings. The summed E-state index contributed by atoms with van der Waals surface area (Å²) in [6.45, 7) is 3.95. The molecule has 0 bridgehead atoms. The van der Waals surface area contributed by atoms with Crippen molar-refractivity contribution < 1.29 is 19.0 Å². The number of rotatable bonds is 7. The van der Waals surface area contributed by atoms with Crippen molar-refractivity contribution in [3.05, 3.63) is 29.6 Å². The molecule has 1 aromatic rings. The van der Waals surface area contributed by atoms with Crippen LogP contribution in [0, 0.1) is 5.82 Å². The lowest BCUT2D eigenvalue weighted by molar-refractivity contribution is -0.106. The maximum absolute atomic E-state index is 13.6. The predicted octanol–water partition coefficient (Wildman–Crippen LogP) is 2.94. The van der Waals surface area contributed by atoms with Crippen LogP contribution in [-0.4, -0.2) is 31.0 Å². The average Bonchev–Trinajstić information content (AvgIpc) is 2.41. The number of methoxy groups -OCH3 is 2. The average molecular weight is 270 g/mol. The topological polar surface area (TPSA) is 38.7 Å². The molecule has 4 heteroatoms. The van der Waals surface area contributed by atoms with Gasteiger partial charge in [0.1, 0.15) is 0 Å². The SMILES string of the molecule is CCC(CC)(OC)C(O)Cc1ccc(OC)c(F)c1. The van der Waals surface area contributed by atoms with E-state index in [2.05, 4.69) is 0 Å². The highest BCUT2D eigenvalue weighted by molar-refractivity contribution is 5.29. The van der Waals surface area contributed by atoms with E-state index in [1.807, 2.05) is 13.8 Å². The fourth-order valence-electron chi connectivity index (χ4n) is 2.39. The number of hydrogen-bond acceptors (Lipinski definition) is 3. The van der Waals surface area contributed by atoms with Gasteiger partial charge in [-0.3, -0.25) is 0 Å². The van der Waals surface area contributed by atoms with Crippen LogP contribution < -0.4 is 4.74 Å². The molecule has 0 heterocycles. The number of ether oxygens (including phenoxy) is 2. The highest BCUT2D eigenvalue weighted by Gasteiger charge is 2.34. The van der Waals surface area contributed by atoms with Crippen molar-refractivity contribution in [2.75, 3.05) is 14.2 Å². The van der Waals surface area contributed by atoms with Gasteiger partial charge in [0.2, 0.25) is 0 Å². The number of aliphatic hydroxyl groups is 1. The molecule has 3 nitrogen and oxygen atoms in total. The largest absolute Gasteiger partial charge is 0.494 e. The van der Waals surface area contributed by atoms with E-state index in [-0.39, 0.29) is 5.75 Å². The van der Waals surface area contributed by atoms with E-state index in [0.717, 1.165) is 5.56 Å². The van der Waals surface area contributed by atoms with Crippen molar-refractivity contribution in [3.8, 4) is 5.75 Å². The van der Waals surface area contributed by atoms with Gasteiger partial charge in [0.15, 0.2) is 11.6 Å². The van der Waals surface area contributed by atoms with Crippen molar-refractivity contribution in [3.63, 3.8) is 0 Å². The zero-order chi connectivity index (χ0) is 14.5. The van der Waals surface area contributed by atoms with E-state index < -0.39 is 17.5 Å². The molecule has 0 aromatic heterocycles. The summed E-state index contributed by atoms with van der Waals surface area (Å²) in [4.78, 5) is 0. The molecule has 19 heavy (non-hydrogen) atoms. The summed E-state index contributed by atoms with van der Waals surface area (Å²) in [7, 11) is 3.03. The fourth-order valence-corrected chi connectivity index (χ4v) is 2.39. The smallest absolute Gasteiger partial charge is 0.165 e. The Bertz CT molecular complexity index is 394. The van der Waals surface area contributed by atoms with E-state index in [0.29, 0.717) is 19.3 Å². The summed E-state index contributed by atoms with van der Waals surface area (Å²) in [6, 6.07) is 4.73. The summed E-state index contributed by atoms with van der Waals surface area (Å²) in [6.07, 6.45) is 1.11. The summed E-state index contributed by atoms with van der Waals surface area (Å²) < 4.78 is 24.0. The second kappa shape index (κ2) is 6.87. The number of hydrogen-bond donors (Lipinski definition) is 1. The van der Waals surface area contributed by atoms with Crippen LogP contribution in [-0.2, 0) is 11.2 Å². The fraction of sp³-hybridized carbons (Fsp3) is 0.600. The van der Waals surface area contributed by atoms with Crippen molar-refractivity contribution in [2.45, 2.75) is 44.8 Å². The van der Waals surface area contributed by atoms with Crippen LogP contribution in [0.3, 0.4) is 0 Å². The minimum atomic E-state index is -0.666. The Morgan fingerprint density at radius 1 is 1.26 bits per heavy atom. The van der Waals surface area contributed by atoms with E-state index in [9.17, 15) is 9.50 Å². The van der Waals surface area contributed by atoms with Crippen molar-refractivity contribution >= 4 is 0 Å². The highest BCUT2D eigenvalue weighted by Crippen LogP contribution is 2.27. The molecule has 1 rings (SSSR count). The van der Waals surface area contributed by atoms with Gasteiger partial charge >= 0.3 is 0 Å². The van der Waals surface area contributed by atoms with Crippen LogP contribution in [0.5, 0.6) is 5.75 Å². The molecular weight excluding hydrogens is 247 g/mol. The van der Waals surface area contributed by atoms with Gasteiger partial charge in [-0.2, -0.15) is 0 Å². The van der Waals surface area contributed by atoms with Gasteiger partial charge in [-0.05, 0) is 30.5 Å². The lowest BCUT2D eigenvalue weighted by Gasteiger charge is -2.35. The number of halogens is 1. The van der Waals surface area contributed by atoms with Gasteiger partial charge in [-0.1, -0.05) is 19.9 Å². The Balaban J connectivity index is 2.86. The van der Waals surface area contributed by atoms with Gasteiger partial charge in [0.05, 0.1) is 18.8 Å². The van der Waals surface area contributed by atoms with Crippen LogP contribution in [0.15, 0.2) is 18.2 Å². The predicted molar refractivity (Wildman–Crippen MR) is 73.0 cm³/mol. The quantitative estimate of drug-likeness (QED) is 0.828. The first-order valence-electron chi connectivity index (χ1n) is 6.58. The third-order valence-electron chi connectivity index (χ3n) is 3.86. The standard InChI is InChI=1S/C15H23FO3/c1-5-15(6-2,19-4)14(17)10-11-7-8-13(18-3)12(16)9-11/h7-9,14,17H,5-6,10H2,1-4H3. The molecule has 0 saturated heterocycles.